The molecule has 36 heavy (non-hydrogen) atoms. The first kappa shape index (κ1) is 28.3. The van der Waals surface area contributed by atoms with E-state index in [1.54, 1.807) is 7.05 Å². The van der Waals surface area contributed by atoms with Gasteiger partial charge in [0.1, 0.15) is 0 Å². The van der Waals surface area contributed by atoms with Gasteiger partial charge in [-0.3, -0.25) is 9.35 Å². The van der Waals surface area contributed by atoms with Crippen molar-refractivity contribution in [3.05, 3.63) is 0 Å². The minimum absolute atomic E-state index is 0.0185. The van der Waals surface area contributed by atoms with Crippen molar-refractivity contribution >= 4 is 16.0 Å². The van der Waals surface area contributed by atoms with Crippen molar-refractivity contribution in [3.63, 3.8) is 0 Å². The standard InChI is InChI=1S/C27H47NO7S/c1-16(5-8-22(30)28(4)13-14-36(33,34)35)18-6-7-19-23-20(10-12-26(18,19)2)27(3)11-9-17(29)15-21(27)24(31)25(23)32/h16-21,23-25,29,31-32H,5-15H2,1-4H3,(H,33,34,35)/t16-,17-,18-,19?,20?,21?,23?,24-,25+,26-,27-/m1/s1. The maximum atomic E-state index is 12.6. The number of amides is 1. The predicted octanol–water partition coefficient (Wildman–Crippen LogP) is 2.71. The van der Waals surface area contributed by atoms with Crippen LogP contribution >= 0.6 is 0 Å². The third-order valence-electron chi connectivity index (χ3n) is 11.4. The Hall–Kier alpha value is -0.740. The van der Waals surface area contributed by atoms with E-state index in [1.807, 2.05) is 0 Å². The van der Waals surface area contributed by atoms with Crippen LogP contribution in [0.2, 0.25) is 0 Å². The molecule has 208 valence electrons. The van der Waals surface area contributed by atoms with Gasteiger partial charge in [0.15, 0.2) is 0 Å². The molecule has 4 aliphatic rings. The molecule has 11 atom stereocenters. The molecule has 0 radical (unpaired) electrons. The van der Waals surface area contributed by atoms with Gasteiger partial charge < -0.3 is 20.2 Å². The van der Waals surface area contributed by atoms with Crippen LogP contribution in [0.4, 0.5) is 0 Å². The molecule has 0 aromatic heterocycles. The summed E-state index contributed by atoms with van der Waals surface area (Å²) in [7, 11) is -2.53. The molecule has 4 unspecified atom stereocenters. The van der Waals surface area contributed by atoms with Crippen LogP contribution < -0.4 is 0 Å². The molecule has 0 aliphatic heterocycles. The van der Waals surface area contributed by atoms with Gasteiger partial charge in [-0.25, -0.2) is 0 Å². The fourth-order valence-corrected chi connectivity index (χ4v) is 9.84. The Morgan fingerprint density at radius 3 is 2.28 bits per heavy atom. The molecule has 9 heteroatoms. The van der Waals surface area contributed by atoms with Crippen LogP contribution in [0.25, 0.3) is 0 Å². The molecule has 4 saturated carbocycles. The van der Waals surface area contributed by atoms with E-state index in [-0.39, 0.29) is 41.2 Å². The molecule has 4 aliphatic carbocycles. The van der Waals surface area contributed by atoms with Gasteiger partial charge >= 0.3 is 0 Å². The molecule has 4 fully saturated rings. The van der Waals surface area contributed by atoms with E-state index in [2.05, 4.69) is 20.8 Å². The molecule has 0 saturated heterocycles. The first-order chi connectivity index (χ1) is 16.7. The van der Waals surface area contributed by atoms with Crippen LogP contribution in [0, 0.1) is 46.3 Å². The van der Waals surface area contributed by atoms with Crippen molar-refractivity contribution in [1.82, 2.24) is 4.90 Å². The van der Waals surface area contributed by atoms with Crippen molar-refractivity contribution in [2.24, 2.45) is 46.3 Å². The third kappa shape index (κ3) is 4.99. The summed E-state index contributed by atoms with van der Waals surface area (Å²) in [6.45, 7) is 6.84. The number of aliphatic hydroxyl groups excluding tert-OH is 3. The van der Waals surface area contributed by atoms with Crippen LogP contribution in [0.5, 0.6) is 0 Å². The normalized spacial score (nSPS) is 45.3. The highest BCUT2D eigenvalue weighted by atomic mass is 32.2. The van der Waals surface area contributed by atoms with Crippen molar-refractivity contribution in [1.29, 1.82) is 0 Å². The lowest BCUT2D eigenvalue weighted by atomic mass is 9.43. The molecular formula is C27H47NO7S. The van der Waals surface area contributed by atoms with Gasteiger partial charge in [0.2, 0.25) is 5.91 Å². The number of hydrogen-bond donors (Lipinski definition) is 4. The van der Waals surface area contributed by atoms with Crippen LogP contribution in [0.3, 0.4) is 0 Å². The number of nitrogens with zero attached hydrogens (tertiary/aromatic N) is 1. The van der Waals surface area contributed by atoms with Gasteiger partial charge in [0.05, 0.1) is 24.1 Å². The highest BCUT2D eigenvalue weighted by molar-refractivity contribution is 7.85. The molecule has 0 aromatic carbocycles. The van der Waals surface area contributed by atoms with Crippen molar-refractivity contribution < 1.29 is 33.1 Å². The number of rotatable bonds is 7. The van der Waals surface area contributed by atoms with Gasteiger partial charge in [-0.05, 0) is 97.7 Å². The Bertz CT molecular complexity index is 927. The summed E-state index contributed by atoms with van der Waals surface area (Å²) >= 11 is 0. The average molecular weight is 530 g/mol. The lowest BCUT2D eigenvalue weighted by molar-refractivity contribution is -0.223. The number of carbonyl (C=O) groups is 1. The SMILES string of the molecule is C[C@H](CCC(=O)N(C)CCS(=O)(=O)O)[C@H]1CCC2C3C(CC[C@@]21C)[C@@]1(C)CC[C@@H](O)CC1[C@@H](O)[C@H]3O. The van der Waals surface area contributed by atoms with E-state index < -0.39 is 28.1 Å². The summed E-state index contributed by atoms with van der Waals surface area (Å²) in [4.78, 5) is 13.9. The summed E-state index contributed by atoms with van der Waals surface area (Å²) in [5, 5.41) is 32.9. The second-order valence-electron chi connectivity index (χ2n) is 13.2. The quantitative estimate of drug-likeness (QED) is 0.372. The zero-order valence-corrected chi connectivity index (χ0v) is 23.2. The zero-order chi connectivity index (χ0) is 26.6. The highest BCUT2D eigenvalue weighted by Crippen LogP contribution is 2.68. The van der Waals surface area contributed by atoms with Gasteiger partial charge in [-0.1, -0.05) is 20.8 Å². The highest BCUT2D eigenvalue weighted by Gasteiger charge is 2.65. The Morgan fingerprint density at radius 1 is 0.972 bits per heavy atom. The first-order valence-corrected chi connectivity index (χ1v) is 15.5. The maximum absolute atomic E-state index is 12.6. The molecule has 0 spiro atoms. The largest absolute Gasteiger partial charge is 0.393 e. The summed E-state index contributed by atoms with van der Waals surface area (Å²) in [6.07, 6.45) is 5.59. The molecule has 4 rings (SSSR count). The molecule has 0 aromatic rings. The monoisotopic (exact) mass is 529 g/mol. The summed E-state index contributed by atoms with van der Waals surface area (Å²) in [5.74, 6) is 0.893. The molecule has 1 amide bonds. The van der Waals surface area contributed by atoms with E-state index in [4.69, 9.17) is 4.55 Å². The molecule has 0 bridgehead atoms. The molecular weight excluding hydrogens is 482 g/mol. The number of hydrogen-bond acceptors (Lipinski definition) is 6. The minimum atomic E-state index is -4.10. The Kier molecular flexibility index (Phi) is 7.93. The summed E-state index contributed by atoms with van der Waals surface area (Å²) < 4.78 is 30.9. The van der Waals surface area contributed by atoms with Gasteiger partial charge in [0, 0.05) is 20.0 Å². The van der Waals surface area contributed by atoms with E-state index in [0.29, 0.717) is 36.5 Å². The van der Waals surface area contributed by atoms with Gasteiger partial charge in [-0.15, -0.1) is 0 Å². The van der Waals surface area contributed by atoms with Crippen LogP contribution in [-0.2, 0) is 14.9 Å². The van der Waals surface area contributed by atoms with Crippen LogP contribution in [0.1, 0.15) is 78.6 Å². The van der Waals surface area contributed by atoms with Gasteiger partial charge in [-0.2, -0.15) is 8.42 Å². The lowest BCUT2D eigenvalue weighted by Crippen LogP contribution is -2.64. The fraction of sp³-hybridized carbons (Fsp3) is 0.963. The second kappa shape index (κ2) is 10.1. The fourth-order valence-electron chi connectivity index (χ4n) is 9.33. The number of fused-ring (bicyclic) bond motifs is 5. The van der Waals surface area contributed by atoms with Crippen LogP contribution in [0.15, 0.2) is 0 Å². The van der Waals surface area contributed by atoms with E-state index in [9.17, 15) is 28.5 Å². The zero-order valence-electron chi connectivity index (χ0n) is 22.3. The Morgan fingerprint density at radius 2 is 1.61 bits per heavy atom. The van der Waals surface area contributed by atoms with E-state index in [1.165, 1.54) is 4.90 Å². The number of carbonyl (C=O) groups excluding carboxylic acids is 1. The van der Waals surface area contributed by atoms with Crippen molar-refractivity contribution in [2.45, 2.75) is 96.9 Å². The maximum Gasteiger partial charge on any atom is 0.266 e. The second-order valence-corrected chi connectivity index (χ2v) is 14.7. The average Bonchev–Trinajstić information content (AvgIpc) is 3.16. The summed E-state index contributed by atoms with van der Waals surface area (Å²) in [5.41, 5.74) is 0.00516. The van der Waals surface area contributed by atoms with Crippen molar-refractivity contribution in [2.75, 3.05) is 19.3 Å². The number of aliphatic hydroxyl groups is 3. The summed E-state index contributed by atoms with van der Waals surface area (Å²) in [6, 6.07) is 0. The predicted molar refractivity (Wildman–Crippen MR) is 136 cm³/mol. The van der Waals surface area contributed by atoms with Crippen molar-refractivity contribution in [3.8, 4) is 0 Å². The third-order valence-corrected chi connectivity index (χ3v) is 12.1. The Balaban J connectivity index is 1.43. The van der Waals surface area contributed by atoms with E-state index >= 15 is 0 Å². The molecule has 4 N–H and O–H groups in total. The smallest absolute Gasteiger partial charge is 0.266 e. The first-order valence-electron chi connectivity index (χ1n) is 13.9. The van der Waals surface area contributed by atoms with Gasteiger partial charge in [0.25, 0.3) is 10.1 Å². The molecule has 0 heterocycles. The lowest BCUT2D eigenvalue weighted by Gasteiger charge is -2.63. The molecule has 8 nitrogen and oxygen atoms in total. The topological polar surface area (TPSA) is 135 Å². The van der Waals surface area contributed by atoms with Crippen LogP contribution in [-0.4, -0.2) is 76.8 Å². The van der Waals surface area contributed by atoms with E-state index in [0.717, 1.165) is 44.9 Å². The minimum Gasteiger partial charge on any atom is -0.393 e. The Labute approximate surface area is 216 Å².